The zero-order chi connectivity index (χ0) is 11.7. The van der Waals surface area contributed by atoms with Gasteiger partial charge in [-0.2, -0.15) is 5.26 Å². The zero-order valence-electron chi connectivity index (χ0n) is 9.09. The fraction of sp³-hybridized carbons (Fsp3) is 0.167. The monoisotopic (exact) mass is 213 g/mol. The van der Waals surface area contributed by atoms with E-state index in [1.807, 2.05) is 13.0 Å². The van der Waals surface area contributed by atoms with Crippen LogP contribution in [0.15, 0.2) is 18.2 Å². The van der Waals surface area contributed by atoms with Gasteiger partial charge in [0.05, 0.1) is 17.3 Å². The molecule has 0 fully saturated rings. The molecule has 0 aliphatic heterocycles. The number of hydrogen-bond acceptors (Lipinski definition) is 2. The average Bonchev–Trinajstić information content (AvgIpc) is 2.54. The number of nitrogens with one attached hydrogen (secondary N) is 2. The second kappa shape index (κ2) is 3.70. The lowest BCUT2D eigenvalue weighted by molar-refractivity contribution is -0.114. The number of fused-ring (bicyclic) bond motifs is 1. The Morgan fingerprint density at radius 2 is 2.25 bits per heavy atom. The molecule has 0 saturated heterocycles. The van der Waals surface area contributed by atoms with Gasteiger partial charge < -0.3 is 10.3 Å². The van der Waals surface area contributed by atoms with Crippen LogP contribution in [0.4, 0.5) is 5.69 Å². The zero-order valence-corrected chi connectivity index (χ0v) is 9.09. The van der Waals surface area contributed by atoms with Crippen LogP contribution in [0, 0.1) is 18.3 Å². The van der Waals surface area contributed by atoms with Gasteiger partial charge in [-0.05, 0) is 25.1 Å². The smallest absolute Gasteiger partial charge is 0.221 e. The topological polar surface area (TPSA) is 68.7 Å². The highest BCUT2D eigenvalue weighted by Gasteiger charge is 2.09. The molecule has 1 aromatic carbocycles. The summed E-state index contributed by atoms with van der Waals surface area (Å²) in [5.74, 6) is -0.119. The maximum atomic E-state index is 11.1. The number of rotatable bonds is 1. The van der Waals surface area contributed by atoms with E-state index in [0.717, 1.165) is 22.3 Å². The van der Waals surface area contributed by atoms with Crippen LogP contribution >= 0.6 is 0 Å². The Balaban J connectivity index is 2.66. The first-order valence-corrected chi connectivity index (χ1v) is 4.92. The van der Waals surface area contributed by atoms with Crippen LogP contribution < -0.4 is 5.32 Å². The van der Waals surface area contributed by atoms with Crippen molar-refractivity contribution in [1.29, 1.82) is 5.26 Å². The fourth-order valence-corrected chi connectivity index (χ4v) is 1.73. The van der Waals surface area contributed by atoms with Crippen LogP contribution in [0.1, 0.15) is 18.2 Å². The maximum Gasteiger partial charge on any atom is 0.221 e. The lowest BCUT2D eigenvalue weighted by Gasteiger charge is -2.01. The Kier molecular flexibility index (Phi) is 2.37. The quantitative estimate of drug-likeness (QED) is 0.763. The number of nitriles is 1. The van der Waals surface area contributed by atoms with E-state index in [1.165, 1.54) is 6.92 Å². The first-order chi connectivity index (χ1) is 7.61. The third-order valence-electron chi connectivity index (χ3n) is 2.42. The normalized spacial score (nSPS) is 10.1. The third kappa shape index (κ3) is 1.63. The van der Waals surface area contributed by atoms with Gasteiger partial charge in [0, 0.05) is 23.5 Å². The van der Waals surface area contributed by atoms with Gasteiger partial charge in [-0.1, -0.05) is 0 Å². The second-order valence-electron chi connectivity index (χ2n) is 3.68. The summed E-state index contributed by atoms with van der Waals surface area (Å²) in [6.45, 7) is 3.35. The van der Waals surface area contributed by atoms with E-state index < -0.39 is 0 Å². The SMILES string of the molecule is CC(=O)Nc1c(C)[nH]c2ccc(C#N)cc12. The molecule has 0 bridgehead atoms. The summed E-state index contributed by atoms with van der Waals surface area (Å²) in [7, 11) is 0. The fourth-order valence-electron chi connectivity index (χ4n) is 1.73. The van der Waals surface area contributed by atoms with Gasteiger partial charge in [0.1, 0.15) is 0 Å². The average molecular weight is 213 g/mol. The van der Waals surface area contributed by atoms with Crippen LogP contribution in [-0.4, -0.2) is 10.9 Å². The molecular formula is C12H11N3O. The third-order valence-corrected chi connectivity index (χ3v) is 2.42. The summed E-state index contributed by atoms with van der Waals surface area (Å²) < 4.78 is 0. The van der Waals surface area contributed by atoms with Gasteiger partial charge in [-0.15, -0.1) is 0 Å². The van der Waals surface area contributed by atoms with Gasteiger partial charge in [-0.3, -0.25) is 4.79 Å². The van der Waals surface area contributed by atoms with Crippen LogP contribution in [0.5, 0.6) is 0 Å². The lowest BCUT2D eigenvalue weighted by Crippen LogP contribution is -2.06. The summed E-state index contributed by atoms with van der Waals surface area (Å²) in [6, 6.07) is 7.44. The van der Waals surface area contributed by atoms with Gasteiger partial charge in [0.2, 0.25) is 5.91 Å². The standard InChI is InChI=1S/C12H11N3O/c1-7-12(15-8(2)16)10-5-9(6-13)3-4-11(10)14-7/h3-5,14H,1-2H3,(H,15,16). The van der Waals surface area contributed by atoms with Crippen molar-refractivity contribution in [2.45, 2.75) is 13.8 Å². The number of amides is 1. The summed E-state index contributed by atoms with van der Waals surface area (Å²) in [5, 5.41) is 12.5. The van der Waals surface area contributed by atoms with Crippen LogP contribution in [-0.2, 0) is 4.79 Å². The van der Waals surface area contributed by atoms with E-state index in [0.29, 0.717) is 5.56 Å². The molecule has 0 aliphatic rings. The Bertz CT molecular complexity index is 604. The lowest BCUT2D eigenvalue weighted by atomic mass is 10.1. The highest BCUT2D eigenvalue weighted by molar-refractivity contribution is 6.02. The largest absolute Gasteiger partial charge is 0.357 e. The molecule has 0 saturated carbocycles. The highest BCUT2D eigenvalue weighted by Crippen LogP contribution is 2.27. The summed E-state index contributed by atoms with van der Waals surface area (Å²) in [5.41, 5.74) is 3.14. The molecule has 0 radical (unpaired) electrons. The van der Waals surface area contributed by atoms with Crippen LogP contribution in [0.3, 0.4) is 0 Å². The molecule has 4 heteroatoms. The maximum absolute atomic E-state index is 11.1. The molecular weight excluding hydrogens is 202 g/mol. The minimum atomic E-state index is -0.119. The molecule has 1 aromatic heterocycles. The van der Waals surface area contributed by atoms with E-state index in [9.17, 15) is 4.79 Å². The van der Waals surface area contributed by atoms with E-state index in [2.05, 4.69) is 16.4 Å². The minimum absolute atomic E-state index is 0.119. The van der Waals surface area contributed by atoms with Crippen LogP contribution in [0.25, 0.3) is 10.9 Å². The summed E-state index contributed by atoms with van der Waals surface area (Å²) in [4.78, 5) is 14.2. The van der Waals surface area contributed by atoms with E-state index in [1.54, 1.807) is 12.1 Å². The van der Waals surface area contributed by atoms with Crippen molar-refractivity contribution in [3.05, 3.63) is 29.5 Å². The number of anilines is 1. The summed E-state index contributed by atoms with van der Waals surface area (Å²) in [6.07, 6.45) is 0. The van der Waals surface area contributed by atoms with Crippen molar-refractivity contribution in [2.75, 3.05) is 5.32 Å². The van der Waals surface area contributed by atoms with Crippen LogP contribution in [0.2, 0.25) is 0 Å². The first-order valence-electron chi connectivity index (χ1n) is 4.92. The number of hydrogen-bond donors (Lipinski definition) is 2. The number of aryl methyl sites for hydroxylation is 1. The summed E-state index contributed by atoms with van der Waals surface area (Å²) >= 11 is 0. The van der Waals surface area contributed by atoms with Gasteiger partial charge in [0.25, 0.3) is 0 Å². The number of carbonyl (C=O) groups is 1. The highest BCUT2D eigenvalue weighted by atomic mass is 16.1. The molecule has 2 aromatic rings. The van der Waals surface area contributed by atoms with E-state index in [4.69, 9.17) is 5.26 Å². The van der Waals surface area contributed by atoms with Crippen molar-refractivity contribution in [3.63, 3.8) is 0 Å². The van der Waals surface area contributed by atoms with Crippen molar-refractivity contribution in [3.8, 4) is 6.07 Å². The molecule has 0 aliphatic carbocycles. The second-order valence-corrected chi connectivity index (χ2v) is 3.68. The van der Waals surface area contributed by atoms with Gasteiger partial charge in [-0.25, -0.2) is 0 Å². The predicted molar refractivity (Wildman–Crippen MR) is 62.1 cm³/mol. The number of carbonyl (C=O) groups excluding carboxylic acids is 1. The van der Waals surface area contributed by atoms with E-state index >= 15 is 0 Å². The Hall–Kier alpha value is -2.28. The van der Waals surface area contributed by atoms with Gasteiger partial charge in [0.15, 0.2) is 0 Å². The predicted octanol–water partition coefficient (Wildman–Crippen LogP) is 2.31. The number of nitrogens with zero attached hydrogens (tertiary/aromatic N) is 1. The molecule has 0 spiro atoms. The van der Waals surface area contributed by atoms with E-state index in [-0.39, 0.29) is 5.91 Å². The molecule has 2 N–H and O–H groups in total. The molecule has 16 heavy (non-hydrogen) atoms. The Morgan fingerprint density at radius 3 is 2.88 bits per heavy atom. The first kappa shape index (κ1) is 10.2. The number of aromatic nitrogens is 1. The molecule has 80 valence electrons. The molecule has 4 nitrogen and oxygen atoms in total. The van der Waals surface area contributed by atoms with Crippen molar-refractivity contribution in [2.24, 2.45) is 0 Å². The number of aromatic amines is 1. The van der Waals surface area contributed by atoms with Crippen molar-refractivity contribution in [1.82, 2.24) is 4.98 Å². The Labute approximate surface area is 92.9 Å². The molecule has 0 unspecified atom stereocenters. The molecule has 1 amide bonds. The molecule has 1 heterocycles. The Morgan fingerprint density at radius 1 is 1.50 bits per heavy atom. The minimum Gasteiger partial charge on any atom is -0.357 e. The van der Waals surface area contributed by atoms with Crippen molar-refractivity contribution < 1.29 is 4.79 Å². The van der Waals surface area contributed by atoms with Crippen molar-refractivity contribution >= 4 is 22.5 Å². The molecule has 2 rings (SSSR count). The number of H-pyrrole nitrogens is 1. The molecule has 0 atom stereocenters. The number of benzene rings is 1. The van der Waals surface area contributed by atoms with Gasteiger partial charge >= 0.3 is 0 Å².